The van der Waals surface area contributed by atoms with Gasteiger partial charge in [-0.3, -0.25) is 4.99 Å². The number of aliphatic imine (C=N–C) groups is 1. The zero-order valence-corrected chi connectivity index (χ0v) is 8.86. The molecule has 0 bridgehead atoms. The molecule has 0 saturated carbocycles. The molecule has 0 rings (SSSR count). The summed E-state index contributed by atoms with van der Waals surface area (Å²) in [5.74, 6) is 0. The Kier molecular flexibility index (Phi) is 6.60. The maximum Gasteiger partial charge on any atom is 0.0888 e. The van der Waals surface area contributed by atoms with Gasteiger partial charge in [0, 0.05) is 19.8 Å². The highest BCUT2D eigenvalue weighted by Gasteiger charge is 1.94. The van der Waals surface area contributed by atoms with Gasteiger partial charge in [0.05, 0.1) is 6.34 Å². The summed E-state index contributed by atoms with van der Waals surface area (Å²) in [4.78, 5) is 5.92. The monoisotopic (exact) mass is 178 g/mol. The number of hydrogen-bond donors (Lipinski definition) is 0. The molecule has 0 spiro atoms. The van der Waals surface area contributed by atoms with E-state index in [1.165, 1.54) is 0 Å². The van der Waals surface area contributed by atoms with E-state index in [4.69, 9.17) is 0 Å². The fourth-order valence-electron chi connectivity index (χ4n) is 0.896. The molecule has 0 atom stereocenters. The molecule has 2 nitrogen and oxygen atoms in total. The van der Waals surface area contributed by atoms with Gasteiger partial charge in [0.25, 0.3) is 0 Å². The Bertz CT molecular complexity index is 234. The standard InChI is InChI=1S/C11H18N2/c1-5-7-9-11(8-6-2)13(4)10-12-3/h5-10H,1-4H3/b7-5+,8-6-,11-9+,12-10?. The summed E-state index contributed by atoms with van der Waals surface area (Å²) in [5, 5.41) is 0. The van der Waals surface area contributed by atoms with Crippen LogP contribution < -0.4 is 0 Å². The van der Waals surface area contributed by atoms with Crippen LogP contribution in [-0.4, -0.2) is 25.3 Å². The SMILES string of the molecule is C\C=C/C(=C\C=C\C)N(C)C=NC. The highest BCUT2D eigenvalue weighted by molar-refractivity contribution is 5.58. The number of likely N-dealkylation sites (N-methyl/N-ethyl adjacent to an activating group) is 1. The molecule has 0 aromatic rings. The van der Waals surface area contributed by atoms with Crippen LogP contribution in [0.15, 0.2) is 41.1 Å². The van der Waals surface area contributed by atoms with E-state index in [0.29, 0.717) is 0 Å². The van der Waals surface area contributed by atoms with Gasteiger partial charge < -0.3 is 4.90 Å². The fourth-order valence-corrected chi connectivity index (χ4v) is 0.896. The molecule has 0 aromatic carbocycles. The second-order valence-corrected chi connectivity index (χ2v) is 2.60. The van der Waals surface area contributed by atoms with E-state index in [0.717, 1.165) is 5.70 Å². The van der Waals surface area contributed by atoms with Crippen molar-refractivity contribution in [2.45, 2.75) is 13.8 Å². The van der Waals surface area contributed by atoms with Crippen molar-refractivity contribution in [3.63, 3.8) is 0 Å². The highest BCUT2D eigenvalue weighted by atomic mass is 15.1. The maximum absolute atomic E-state index is 3.95. The van der Waals surface area contributed by atoms with Gasteiger partial charge in [-0.2, -0.15) is 0 Å². The largest absolute Gasteiger partial charge is 0.336 e. The average Bonchev–Trinajstić information content (AvgIpc) is 2.12. The van der Waals surface area contributed by atoms with Crippen molar-refractivity contribution in [3.05, 3.63) is 36.1 Å². The van der Waals surface area contributed by atoms with Gasteiger partial charge in [0.2, 0.25) is 0 Å². The molecule has 0 aliphatic heterocycles. The van der Waals surface area contributed by atoms with Gasteiger partial charge in [0.1, 0.15) is 0 Å². The molecule has 0 fully saturated rings. The number of nitrogens with zero attached hydrogens (tertiary/aromatic N) is 2. The van der Waals surface area contributed by atoms with Crippen molar-refractivity contribution < 1.29 is 0 Å². The van der Waals surface area contributed by atoms with Crippen LogP contribution in [0.4, 0.5) is 0 Å². The lowest BCUT2D eigenvalue weighted by atomic mass is 10.3. The Hall–Kier alpha value is -1.31. The third-order valence-electron chi connectivity index (χ3n) is 1.49. The third-order valence-corrected chi connectivity index (χ3v) is 1.49. The minimum Gasteiger partial charge on any atom is -0.336 e. The lowest BCUT2D eigenvalue weighted by Crippen LogP contribution is -2.13. The molecule has 0 radical (unpaired) electrons. The van der Waals surface area contributed by atoms with Gasteiger partial charge in [-0.1, -0.05) is 18.2 Å². The van der Waals surface area contributed by atoms with Crippen LogP contribution in [0, 0.1) is 0 Å². The van der Waals surface area contributed by atoms with Gasteiger partial charge in [-0.15, -0.1) is 0 Å². The van der Waals surface area contributed by atoms with Gasteiger partial charge in [0.15, 0.2) is 0 Å². The van der Waals surface area contributed by atoms with Crippen LogP contribution in [0.2, 0.25) is 0 Å². The van der Waals surface area contributed by atoms with Crippen molar-refractivity contribution >= 4 is 6.34 Å². The predicted octanol–water partition coefficient (Wildman–Crippen LogP) is 2.61. The van der Waals surface area contributed by atoms with Crippen LogP contribution >= 0.6 is 0 Å². The zero-order valence-electron chi connectivity index (χ0n) is 8.86. The lowest BCUT2D eigenvalue weighted by Gasteiger charge is -2.13. The maximum atomic E-state index is 3.95. The van der Waals surface area contributed by atoms with E-state index in [-0.39, 0.29) is 0 Å². The Morgan fingerprint density at radius 3 is 2.38 bits per heavy atom. The summed E-state index contributed by atoms with van der Waals surface area (Å²) in [6.07, 6.45) is 11.9. The predicted molar refractivity (Wildman–Crippen MR) is 59.9 cm³/mol. The van der Waals surface area contributed by atoms with E-state index in [1.54, 1.807) is 13.4 Å². The topological polar surface area (TPSA) is 15.6 Å². The molecular formula is C11H18N2. The Balaban J connectivity index is 4.59. The number of rotatable bonds is 4. The van der Waals surface area contributed by atoms with E-state index in [1.807, 2.05) is 56.2 Å². The van der Waals surface area contributed by atoms with Crippen molar-refractivity contribution in [1.82, 2.24) is 4.90 Å². The molecule has 0 unspecified atom stereocenters. The minimum atomic E-state index is 1.12. The Labute approximate surface area is 81.0 Å². The first-order valence-electron chi connectivity index (χ1n) is 4.37. The van der Waals surface area contributed by atoms with Crippen molar-refractivity contribution in [2.24, 2.45) is 4.99 Å². The molecule has 72 valence electrons. The normalized spacial score (nSPS) is 13.7. The lowest BCUT2D eigenvalue weighted by molar-refractivity contribution is 0.666. The molecule has 0 amide bonds. The fraction of sp³-hybridized carbons (Fsp3) is 0.364. The Morgan fingerprint density at radius 2 is 1.92 bits per heavy atom. The van der Waals surface area contributed by atoms with Crippen molar-refractivity contribution in [3.8, 4) is 0 Å². The summed E-state index contributed by atoms with van der Waals surface area (Å²) in [6.45, 7) is 4.00. The highest BCUT2D eigenvalue weighted by Crippen LogP contribution is 2.01. The van der Waals surface area contributed by atoms with Crippen LogP contribution in [0.1, 0.15) is 13.8 Å². The zero-order chi connectivity index (χ0) is 10.1. The number of hydrogen-bond acceptors (Lipinski definition) is 1. The second-order valence-electron chi connectivity index (χ2n) is 2.60. The average molecular weight is 178 g/mol. The summed E-state index contributed by atoms with van der Waals surface area (Å²) in [5.41, 5.74) is 1.12. The molecule has 0 aliphatic rings. The third kappa shape index (κ3) is 5.01. The summed E-state index contributed by atoms with van der Waals surface area (Å²) in [7, 11) is 3.74. The van der Waals surface area contributed by atoms with E-state index in [9.17, 15) is 0 Å². The molecular weight excluding hydrogens is 160 g/mol. The number of allylic oxidation sites excluding steroid dienone is 5. The summed E-state index contributed by atoms with van der Waals surface area (Å²) >= 11 is 0. The molecule has 2 heteroatoms. The minimum absolute atomic E-state index is 1.12. The first-order valence-corrected chi connectivity index (χ1v) is 4.37. The molecule has 13 heavy (non-hydrogen) atoms. The van der Waals surface area contributed by atoms with Crippen molar-refractivity contribution in [2.75, 3.05) is 14.1 Å². The van der Waals surface area contributed by atoms with E-state index in [2.05, 4.69) is 4.99 Å². The van der Waals surface area contributed by atoms with Crippen molar-refractivity contribution in [1.29, 1.82) is 0 Å². The first-order chi connectivity index (χ1) is 6.26. The smallest absolute Gasteiger partial charge is 0.0888 e. The quantitative estimate of drug-likeness (QED) is 0.367. The summed E-state index contributed by atoms with van der Waals surface area (Å²) in [6, 6.07) is 0. The second kappa shape index (κ2) is 7.35. The summed E-state index contributed by atoms with van der Waals surface area (Å²) < 4.78 is 0. The molecule has 0 heterocycles. The molecule has 0 aliphatic carbocycles. The Morgan fingerprint density at radius 1 is 1.23 bits per heavy atom. The first kappa shape index (κ1) is 11.7. The van der Waals surface area contributed by atoms with E-state index >= 15 is 0 Å². The molecule has 0 N–H and O–H groups in total. The molecule has 0 saturated heterocycles. The van der Waals surface area contributed by atoms with E-state index < -0.39 is 0 Å². The molecule has 0 aromatic heterocycles. The van der Waals surface area contributed by atoms with Crippen LogP contribution in [0.5, 0.6) is 0 Å². The van der Waals surface area contributed by atoms with Crippen LogP contribution in [-0.2, 0) is 0 Å². The van der Waals surface area contributed by atoms with Gasteiger partial charge >= 0.3 is 0 Å². The van der Waals surface area contributed by atoms with Crippen LogP contribution in [0.25, 0.3) is 0 Å². The van der Waals surface area contributed by atoms with Gasteiger partial charge in [-0.25, -0.2) is 0 Å². The van der Waals surface area contributed by atoms with Gasteiger partial charge in [-0.05, 0) is 26.0 Å². The van der Waals surface area contributed by atoms with Crippen LogP contribution in [0.3, 0.4) is 0 Å².